The van der Waals surface area contributed by atoms with Crippen molar-refractivity contribution in [1.29, 1.82) is 5.26 Å². The minimum Gasteiger partial charge on any atom is -0.369 e. The summed E-state index contributed by atoms with van der Waals surface area (Å²) in [6, 6.07) is 17.3. The van der Waals surface area contributed by atoms with E-state index in [1.54, 1.807) is 12.3 Å². The molecule has 2 rings (SSSR count). The summed E-state index contributed by atoms with van der Waals surface area (Å²) in [4.78, 5) is 0. The van der Waals surface area contributed by atoms with Crippen molar-refractivity contribution in [3.05, 3.63) is 59.7 Å². The molecule has 4 N–H and O–H groups in total. The van der Waals surface area contributed by atoms with E-state index in [2.05, 4.69) is 16.3 Å². The minimum absolute atomic E-state index is 0.0776. The number of nitrogens with zero attached hydrogens (tertiary/aromatic N) is 3. The number of nitriles is 1. The van der Waals surface area contributed by atoms with Gasteiger partial charge in [0.25, 0.3) is 0 Å². The van der Waals surface area contributed by atoms with Gasteiger partial charge < -0.3 is 11.5 Å². The molecule has 0 heterocycles. The first-order chi connectivity index (χ1) is 9.69. The molecule has 20 heavy (non-hydrogen) atoms. The molecular weight excluding hydrogens is 250 g/mol. The zero-order valence-electron chi connectivity index (χ0n) is 10.7. The molecule has 0 atom stereocenters. The van der Waals surface area contributed by atoms with Crippen LogP contribution in [0.15, 0.2) is 58.7 Å². The molecule has 0 spiro atoms. The van der Waals surface area contributed by atoms with Gasteiger partial charge in [-0.25, -0.2) is 0 Å². The minimum atomic E-state index is -0.0776. The largest absolute Gasteiger partial charge is 0.369 e. The highest BCUT2D eigenvalue weighted by Crippen LogP contribution is 2.20. The Morgan fingerprint density at radius 3 is 2.45 bits per heavy atom. The number of hydrogen-bond acceptors (Lipinski definition) is 3. The van der Waals surface area contributed by atoms with E-state index in [0.29, 0.717) is 5.56 Å². The molecule has 5 heteroatoms. The van der Waals surface area contributed by atoms with Crippen LogP contribution < -0.4 is 11.5 Å². The van der Waals surface area contributed by atoms with Gasteiger partial charge in [-0.1, -0.05) is 36.4 Å². The Balaban J connectivity index is 2.22. The molecule has 98 valence electrons. The molecule has 0 radical (unpaired) electrons. The van der Waals surface area contributed by atoms with Gasteiger partial charge in [-0.15, -0.1) is 5.10 Å². The lowest BCUT2D eigenvalue weighted by atomic mass is 10.0. The zero-order chi connectivity index (χ0) is 14.4. The van der Waals surface area contributed by atoms with Crippen LogP contribution in [0, 0.1) is 11.3 Å². The molecule has 2 aromatic rings. The fourth-order valence-electron chi connectivity index (χ4n) is 1.69. The zero-order valence-corrected chi connectivity index (χ0v) is 10.7. The van der Waals surface area contributed by atoms with Crippen molar-refractivity contribution < 1.29 is 0 Å². The summed E-state index contributed by atoms with van der Waals surface area (Å²) in [6.45, 7) is 0. The third kappa shape index (κ3) is 3.43. The maximum Gasteiger partial charge on any atom is 0.211 e. The first-order valence-corrected chi connectivity index (χ1v) is 5.91. The van der Waals surface area contributed by atoms with Gasteiger partial charge in [-0.05, 0) is 28.8 Å². The van der Waals surface area contributed by atoms with Crippen molar-refractivity contribution in [1.82, 2.24) is 0 Å². The van der Waals surface area contributed by atoms with Crippen molar-refractivity contribution in [2.24, 2.45) is 21.7 Å². The van der Waals surface area contributed by atoms with E-state index in [-0.39, 0.29) is 5.96 Å². The van der Waals surface area contributed by atoms with Gasteiger partial charge >= 0.3 is 0 Å². The van der Waals surface area contributed by atoms with Gasteiger partial charge in [0.1, 0.15) is 0 Å². The van der Waals surface area contributed by atoms with Crippen LogP contribution in [0.3, 0.4) is 0 Å². The summed E-state index contributed by atoms with van der Waals surface area (Å²) in [7, 11) is 0. The lowest BCUT2D eigenvalue weighted by Crippen LogP contribution is -2.21. The fraction of sp³-hybridized carbons (Fsp3) is 0. The van der Waals surface area contributed by atoms with Gasteiger partial charge in [-0.2, -0.15) is 10.4 Å². The Morgan fingerprint density at radius 2 is 1.80 bits per heavy atom. The van der Waals surface area contributed by atoms with Crippen molar-refractivity contribution in [2.45, 2.75) is 0 Å². The number of nitrogens with two attached hydrogens (primary N) is 2. The van der Waals surface area contributed by atoms with Gasteiger partial charge in [0.15, 0.2) is 0 Å². The normalized spacial score (nSPS) is 10.2. The summed E-state index contributed by atoms with van der Waals surface area (Å²) in [5.74, 6) is -0.0776. The quantitative estimate of drug-likeness (QED) is 0.502. The maximum atomic E-state index is 8.89. The maximum absolute atomic E-state index is 8.89. The molecule has 0 aliphatic rings. The van der Waals surface area contributed by atoms with Crippen LogP contribution in [0.2, 0.25) is 0 Å². The highest BCUT2D eigenvalue weighted by molar-refractivity contribution is 5.82. The monoisotopic (exact) mass is 263 g/mol. The van der Waals surface area contributed by atoms with Crippen LogP contribution in [-0.2, 0) is 0 Å². The van der Waals surface area contributed by atoms with Crippen LogP contribution in [0.25, 0.3) is 11.1 Å². The van der Waals surface area contributed by atoms with E-state index >= 15 is 0 Å². The molecule has 0 aromatic heterocycles. The molecule has 0 unspecified atom stereocenters. The molecule has 0 bridgehead atoms. The van der Waals surface area contributed by atoms with Gasteiger partial charge in [0.05, 0.1) is 17.8 Å². The fourth-order valence-corrected chi connectivity index (χ4v) is 1.69. The number of guanidine groups is 1. The van der Waals surface area contributed by atoms with Crippen molar-refractivity contribution in [3.8, 4) is 17.2 Å². The molecule has 5 nitrogen and oxygen atoms in total. The Labute approximate surface area is 116 Å². The predicted octanol–water partition coefficient (Wildman–Crippen LogP) is 1.83. The first-order valence-electron chi connectivity index (χ1n) is 5.91. The van der Waals surface area contributed by atoms with E-state index in [1.807, 2.05) is 42.5 Å². The average Bonchev–Trinajstić information content (AvgIpc) is 2.48. The summed E-state index contributed by atoms with van der Waals surface area (Å²) in [6.07, 6.45) is 1.56. The van der Waals surface area contributed by atoms with Crippen LogP contribution >= 0.6 is 0 Å². The van der Waals surface area contributed by atoms with E-state index in [4.69, 9.17) is 16.7 Å². The smallest absolute Gasteiger partial charge is 0.211 e. The molecule has 0 aliphatic heterocycles. The third-order valence-corrected chi connectivity index (χ3v) is 2.62. The molecule has 0 amide bonds. The second-order valence-electron chi connectivity index (χ2n) is 4.08. The molecular formula is C15H13N5. The lowest BCUT2D eigenvalue weighted by molar-refractivity contribution is 1.21. The highest BCUT2D eigenvalue weighted by Gasteiger charge is 1.99. The molecule has 0 saturated heterocycles. The van der Waals surface area contributed by atoms with Crippen LogP contribution in [0.4, 0.5) is 0 Å². The van der Waals surface area contributed by atoms with E-state index in [0.717, 1.165) is 16.7 Å². The summed E-state index contributed by atoms with van der Waals surface area (Å²) < 4.78 is 0. The van der Waals surface area contributed by atoms with Crippen LogP contribution in [0.1, 0.15) is 11.1 Å². The number of benzene rings is 2. The molecule has 0 saturated carbocycles. The molecule has 0 aliphatic carbocycles. The number of rotatable bonds is 3. The Kier molecular flexibility index (Phi) is 4.10. The molecule has 2 aromatic carbocycles. The van der Waals surface area contributed by atoms with Gasteiger partial charge in [-0.3, -0.25) is 0 Å². The average molecular weight is 263 g/mol. The van der Waals surface area contributed by atoms with E-state index < -0.39 is 0 Å². The Morgan fingerprint density at radius 1 is 1.05 bits per heavy atom. The van der Waals surface area contributed by atoms with Crippen molar-refractivity contribution >= 4 is 12.2 Å². The summed E-state index contributed by atoms with van der Waals surface area (Å²) in [5, 5.41) is 16.2. The lowest BCUT2D eigenvalue weighted by Gasteiger charge is -2.02. The summed E-state index contributed by atoms with van der Waals surface area (Å²) in [5.41, 5.74) is 13.9. The standard InChI is InChI=1S/C15H13N5/c16-9-12-2-1-3-14(8-12)13-6-4-11(5-7-13)10-19-20-15(17)18/h1-8,10H,(H4,17,18,20). The number of hydrogen-bond donors (Lipinski definition) is 2. The van der Waals surface area contributed by atoms with Gasteiger partial charge in [0, 0.05) is 0 Å². The topological polar surface area (TPSA) is 101 Å². The SMILES string of the molecule is N#Cc1cccc(-c2ccc(C=NN=C(N)N)cc2)c1. The van der Waals surface area contributed by atoms with Crippen LogP contribution in [-0.4, -0.2) is 12.2 Å². The highest BCUT2D eigenvalue weighted by atomic mass is 15.3. The van der Waals surface area contributed by atoms with E-state index in [1.165, 1.54) is 0 Å². The third-order valence-electron chi connectivity index (χ3n) is 2.62. The Hall–Kier alpha value is -3.13. The predicted molar refractivity (Wildman–Crippen MR) is 80.0 cm³/mol. The van der Waals surface area contributed by atoms with Crippen molar-refractivity contribution in [3.63, 3.8) is 0 Å². The summed E-state index contributed by atoms with van der Waals surface area (Å²) >= 11 is 0. The second kappa shape index (κ2) is 6.16. The van der Waals surface area contributed by atoms with Crippen molar-refractivity contribution in [2.75, 3.05) is 0 Å². The van der Waals surface area contributed by atoms with Crippen LogP contribution in [0.5, 0.6) is 0 Å². The van der Waals surface area contributed by atoms with E-state index in [9.17, 15) is 0 Å². The second-order valence-corrected chi connectivity index (χ2v) is 4.08. The Bertz CT molecular complexity index is 689. The molecule has 0 fully saturated rings. The van der Waals surface area contributed by atoms with Gasteiger partial charge in [0.2, 0.25) is 5.96 Å². The first kappa shape index (κ1) is 13.3.